The molecule has 3 rings (SSSR count). The second kappa shape index (κ2) is 6.82. The van der Waals surface area contributed by atoms with Crippen molar-refractivity contribution in [3.05, 3.63) is 0 Å². The van der Waals surface area contributed by atoms with Crippen LogP contribution in [0.5, 0.6) is 0 Å². The molecule has 2 unspecified atom stereocenters. The van der Waals surface area contributed by atoms with Crippen LogP contribution in [0.25, 0.3) is 0 Å². The summed E-state index contributed by atoms with van der Waals surface area (Å²) in [6, 6.07) is -0.421. The highest BCUT2D eigenvalue weighted by Crippen LogP contribution is 2.24. The van der Waals surface area contributed by atoms with Crippen molar-refractivity contribution in [2.75, 3.05) is 24.6 Å². The highest BCUT2D eigenvalue weighted by molar-refractivity contribution is 7.91. The van der Waals surface area contributed by atoms with E-state index in [0.29, 0.717) is 24.5 Å². The van der Waals surface area contributed by atoms with Crippen molar-refractivity contribution < 1.29 is 18.0 Å². The van der Waals surface area contributed by atoms with E-state index in [1.165, 1.54) is 5.01 Å². The Hall–Kier alpha value is -1.44. The number of amides is 2. The Bertz CT molecular complexity index is 658. The normalized spacial score (nSPS) is 30.4. The van der Waals surface area contributed by atoms with Gasteiger partial charge in [0.15, 0.2) is 9.84 Å². The Morgan fingerprint density at radius 1 is 1.29 bits per heavy atom. The molecule has 0 aromatic carbocycles. The highest BCUT2D eigenvalue weighted by atomic mass is 32.2. The SMILES string of the molecule is CCC1CCCN(C(=O)C2=NN(C3CCS(=O)(=O)C3)C(=O)CC2)C1. The number of piperidine rings is 1. The summed E-state index contributed by atoms with van der Waals surface area (Å²) in [6.45, 7) is 3.62. The Labute approximate surface area is 143 Å². The standard InChI is InChI=1S/C16H25N3O4S/c1-2-12-4-3-8-18(10-12)16(21)14-5-6-15(20)19(17-14)13-7-9-24(22,23)11-13/h12-13H,2-11H2,1H3. The molecule has 0 aromatic heterocycles. The average molecular weight is 355 g/mol. The largest absolute Gasteiger partial charge is 0.337 e. The zero-order valence-corrected chi connectivity index (χ0v) is 14.9. The van der Waals surface area contributed by atoms with E-state index in [0.717, 1.165) is 32.4 Å². The Morgan fingerprint density at radius 3 is 2.75 bits per heavy atom. The second-order valence-electron chi connectivity index (χ2n) is 7.01. The summed E-state index contributed by atoms with van der Waals surface area (Å²) in [5, 5.41) is 5.55. The first-order valence-corrected chi connectivity index (χ1v) is 10.6. The molecular weight excluding hydrogens is 330 g/mol. The molecular formula is C16H25N3O4S. The predicted octanol–water partition coefficient (Wildman–Crippen LogP) is 0.800. The van der Waals surface area contributed by atoms with Gasteiger partial charge in [-0.05, 0) is 25.2 Å². The van der Waals surface area contributed by atoms with Crippen LogP contribution >= 0.6 is 0 Å². The minimum absolute atomic E-state index is 0.0503. The van der Waals surface area contributed by atoms with Gasteiger partial charge in [-0.25, -0.2) is 13.4 Å². The van der Waals surface area contributed by atoms with Crippen molar-refractivity contribution in [2.24, 2.45) is 11.0 Å². The number of nitrogens with zero attached hydrogens (tertiary/aromatic N) is 3. The topological polar surface area (TPSA) is 87.1 Å². The van der Waals surface area contributed by atoms with E-state index in [2.05, 4.69) is 12.0 Å². The van der Waals surface area contributed by atoms with Crippen molar-refractivity contribution in [3.8, 4) is 0 Å². The van der Waals surface area contributed by atoms with E-state index >= 15 is 0 Å². The Morgan fingerprint density at radius 2 is 2.08 bits per heavy atom. The van der Waals surface area contributed by atoms with Crippen LogP contribution in [-0.4, -0.2) is 66.5 Å². The summed E-state index contributed by atoms with van der Waals surface area (Å²) in [5.41, 5.74) is 0.399. The zero-order valence-electron chi connectivity index (χ0n) is 14.1. The molecule has 0 bridgehead atoms. The zero-order chi connectivity index (χ0) is 17.3. The predicted molar refractivity (Wildman–Crippen MR) is 90.2 cm³/mol. The van der Waals surface area contributed by atoms with Gasteiger partial charge in [0.2, 0.25) is 5.91 Å². The van der Waals surface area contributed by atoms with Gasteiger partial charge in [-0.1, -0.05) is 13.3 Å². The molecule has 0 N–H and O–H groups in total. The van der Waals surface area contributed by atoms with Crippen molar-refractivity contribution in [1.82, 2.24) is 9.91 Å². The molecule has 8 heteroatoms. The molecule has 3 aliphatic heterocycles. The van der Waals surface area contributed by atoms with Gasteiger partial charge in [0.05, 0.1) is 17.5 Å². The van der Waals surface area contributed by atoms with Crippen LogP contribution in [0.4, 0.5) is 0 Å². The Kier molecular flexibility index (Phi) is 4.94. The third-order valence-corrected chi connectivity index (χ3v) is 6.99. The lowest BCUT2D eigenvalue weighted by Crippen LogP contribution is -2.47. The van der Waals surface area contributed by atoms with Crippen LogP contribution in [0.1, 0.15) is 45.4 Å². The fourth-order valence-electron chi connectivity index (χ4n) is 3.74. The molecule has 0 aromatic rings. The van der Waals surface area contributed by atoms with Crippen LogP contribution in [0, 0.1) is 5.92 Å². The smallest absolute Gasteiger partial charge is 0.270 e. The van der Waals surface area contributed by atoms with Crippen LogP contribution in [0.2, 0.25) is 0 Å². The van der Waals surface area contributed by atoms with Gasteiger partial charge in [-0.2, -0.15) is 5.10 Å². The number of likely N-dealkylation sites (tertiary alicyclic amines) is 1. The first-order chi connectivity index (χ1) is 11.4. The number of carbonyl (C=O) groups is 2. The number of sulfone groups is 1. The first kappa shape index (κ1) is 17.4. The molecule has 0 saturated carbocycles. The van der Waals surface area contributed by atoms with E-state index in [9.17, 15) is 18.0 Å². The molecule has 2 saturated heterocycles. The third-order valence-electron chi connectivity index (χ3n) is 5.24. The number of hydrogen-bond acceptors (Lipinski definition) is 5. The summed E-state index contributed by atoms with van der Waals surface area (Å²) >= 11 is 0. The second-order valence-corrected chi connectivity index (χ2v) is 9.24. The highest BCUT2D eigenvalue weighted by Gasteiger charge is 2.38. The average Bonchev–Trinajstić information content (AvgIpc) is 2.94. The molecule has 0 spiro atoms. The number of hydrogen-bond donors (Lipinski definition) is 0. The maximum absolute atomic E-state index is 12.7. The first-order valence-electron chi connectivity index (χ1n) is 8.79. The van der Waals surface area contributed by atoms with E-state index in [1.807, 2.05) is 4.90 Å². The van der Waals surface area contributed by atoms with Gasteiger partial charge >= 0.3 is 0 Å². The van der Waals surface area contributed by atoms with E-state index in [1.54, 1.807) is 0 Å². The fraction of sp³-hybridized carbons (Fsp3) is 0.812. The van der Waals surface area contributed by atoms with E-state index < -0.39 is 15.9 Å². The maximum atomic E-state index is 12.7. The summed E-state index contributed by atoms with van der Waals surface area (Å²) in [5.74, 6) is 0.297. The number of rotatable bonds is 3. The molecule has 3 heterocycles. The minimum Gasteiger partial charge on any atom is -0.337 e. The lowest BCUT2D eigenvalue weighted by atomic mass is 9.95. The van der Waals surface area contributed by atoms with Crippen molar-refractivity contribution in [1.29, 1.82) is 0 Å². The number of carbonyl (C=O) groups excluding carboxylic acids is 2. The van der Waals surface area contributed by atoms with Gasteiger partial charge in [-0.15, -0.1) is 0 Å². The van der Waals surface area contributed by atoms with Gasteiger partial charge in [0.25, 0.3) is 5.91 Å². The Balaban J connectivity index is 1.74. The van der Waals surface area contributed by atoms with Gasteiger partial charge in [0.1, 0.15) is 5.71 Å². The van der Waals surface area contributed by atoms with Crippen LogP contribution in [0.3, 0.4) is 0 Å². The maximum Gasteiger partial charge on any atom is 0.270 e. The summed E-state index contributed by atoms with van der Waals surface area (Å²) in [4.78, 5) is 26.7. The fourth-order valence-corrected chi connectivity index (χ4v) is 5.44. The van der Waals surface area contributed by atoms with E-state index in [4.69, 9.17) is 0 Å². The van der Waals surface area contributed by atoms with Gasteiger partial charge < -0.3 is 4.90 Å². The lowest BCUT2D eigenvalue weighted by Gasteiger charge is -2.34. The van der Waals surface area contributed by atoms with E-state index in [-0.39, 0.29) is 29.7 Å². The number of hydrazone groups is 1. The molecule has 2 atom stereocenters. The molecule has 2 fully saturated rings. The lowest BCUT2D eigenvalue weighted by molar-refractivity contribution is -0.134. The molecule has 2 amide bonds. The quantitative estimate of drug-likeness (QED) is 0.749. The monoisotopic (exact) mass is 355 g/mol. The van der Waals surface area contributed by atoms with Crippen molar-refractivity contribution in [3.63, 3.8) is 0 Å². The summed E-state index contributed by atoms with van der Waals surface area (Å²) < 4.78 is 23.3. The molecule has 7 nitrogen and oxygen atoms in total. The van der Waals surface area contributed by atoms with Gasteiger partial charge in [0, 0.05) is 25.9 Å². The minimum atomic E-state index is -3.10. The summed E-state index contributed by atoms with van der Waals surface area (Å²) in [6.07, 6.45) is 4.19. The molecule has 3 aliphatic rings. The van der Waals surface area contributed by atoms with Crippen LogP contribution in [-0.2, 0) is 19.4 Å². The third kappa shape index (κ3) is 3.63. The summed E-state index contributed by atoms with van der Waals surface area (Å²) in [7, 11) is -3.10. The van der Waals surface area contributed by atoms with Crippen LogP contribution in [0.15, 0.2) is 5.10 Å². The molecule has 0 radical (unpaired) electrons. The molecule has 134 valence electrons. The molecule has 0 aliphatic carbocycles. The van der Waals surface area contributed by atoms with Crippen molar-refractivity contribution in [2.45, 2.75) is 51.5 Å². The van der Waals surface area contributed by atoms with Crippen LogP contribution < -0.4 is 0 Å². The van der Waals surface area contributed by atoms with Crippen molar-refractivity contribution >= 4 is 27.4 Å². The molecule has 24 heavy (non-hydrogen) atoms. The van der Waals surface area contributed by atoms with Gasteiger partial charge in [-0.3, -0.25) is 9.59 Å².